The van der Waals surface area contributed by atoms with Crippen molar-refractivity contribution in [2.24, 2.45) is 0 Å². The Balaban J connectivity index is 2.01. The SMILES string of the molecule is CC[C@H]1C(=O)N(C)C=CN1C(=O)OCc1ccccc1. The Bertz CT molecular complexity index is 513. The lowest BCUT2D eigenvalue weighted by Gasteiger charge is -2.32. The van der Waals surface area contributed by atoms with Crippen molar-refractivity contribution in [1.82, 2.24) is 9.80 Å². The summed E-state index contributed by atoms with van der Waals surface area (Å²) in [6.45, 7) is 2.07. The zero-order valence-corrected chi connectivity index (χ0v) is 11.7. The van der Waals surface area contributed by atoms with E-state index in [2.05, 4.69) is 0 Å². The Kier molecular flexibility index (Phi) is 4.40. The average molecular weight is 274 g/mol. The summed E-state index contributed by atoms with van der Waals surface area (Å²) in [7, 11) is 1.67. The second-order valence-electron chi connectivity index (χ2n) is 4.62. The molecule has 2 rings (SSSR count). The zero-order valence-electron chi connectivity index (χ0n) is 11.7. The van der Waals surface area contributed by atoms with Crippen molar-refractivity contribution >= 4 is 12.0 Å². The number of rotatable bonds is 3. The van der Waals surface area contributed by atoms with Gasteiger partial charge in [-0.25, -0.2) is 4.79 Å². The minimum absolute atomic E-state index is 0.105. The van der Waals surface area contributed by atoms with Crippen molar-refractivity contribution in [3.05, 3.63) is 48.3 Å². The van der Waals surface area contributed by atoms with Gasteiger partial charge in [-0.05, 0) is 12.0 Å². The predicted octanol–water partition coefficient (Wildman–Crippen LogP) is 2.35. The van der Waals surface area contributed by atoms with Crippen molar-refractivity contribution < 1.29 is 14.3 Å². The van der Waals surface area contributed by atoms with Crippen molar-refractivity contribution in [3.8, 4) is 0 Å². The van der Waals surface area contributed by atoms with E-state index in [1.807, 2.05) is 37.3 Å². The van der Waals surface area contributed by atoms with Crippen molar-refractivity contribution in [3.63, 3.8) is 0 Å². The second kappa shape index (κ2) is 6.23. The zero-order chi connectivity index (χ0) is 14.5. The molecule has 1 atom stereocenters. The van der Waals surface area contributed by atoms with E-state index in [0.29, 0.717) is 6.42 Å². The first-order chi connectivity index (χ1) is 9.63. The number of carbonyl (C=O) groups is 2. The van der Waals surface area contributed by atoms with Gasteiger partial charge in [-0.2, -0.15) is 0 Å². The summed E-state index contributed by atoms with van der Waals surface area (Å²) in [5, 5.41) is 0. The number of hydrogen-bond acceptors (Lipinski definition) is 3. The van der Waals surface area contributed by atoms with Gasteiger partial charge < -0.3 is 9.64 Å². The van der Waals surface area contributed by atoms with Crippen LogP contribution < -0.4 is 0 Å². The van der Waals surface area contributed by atoms with Gasteiger partial charge in [0.15, 0.2) is 0 Å². The number of carbonyl (C=O) groups excluding carboxylic acids is 2. The van der Waals surface area contributed by atoms with E-state index in [-0.39, 0.29) is 12.5 Å². The first kappa shape index (κ1) is 14.1. The normalized spacial score (nSPS) is 18.3. The fourth-order valence-electron chi connectivity index (χ4n) is 2.06. The maximum atomic E-state index is 12.1. The van der Waals surface area contributed by atoms with E-state index < -0.39 is 12.1 Å². The van der Waals surface area contributed by atoms with Gasteiger partial charge in [-0.3, -0.25) is 9.69 Å². The molecule has 106 valence electrons. The summed E-state index contributed by atoms with van der Waals surface area (Å²) < 4.78 is 5.25. The van der Waals surface area contributed by atoms with Crippen LogP contribution in [0, 0.1) is 0 Å². The van der Waals surface area contributed by atoms with Crippen LogP contribution >= 0.6 is 0 Å². The highest BCUT2D eigenvalue weighted by Gasteiger charge is 2.32. The molecule has 0 saturated carbocycles. The van der Waals surface area contributed by atoms with Gasteiger partial charge in [0.2, 0.25) is 5.91 Å². The molecule has 0 spiro atoms. The first-order valence-corrected chi connectivity index (χ1v) is 6.57. The maximum absolute atomic E-state index is 12.1. The quantitative estimate of drug-likeness (QED) is 0.850. The summed E-state index contributed by atoms with van der Waals surface area (Å²) >= 11 is 0. The lowest BCUT2D eigenvalue weighted by molar-refractivity contribution is -0.133. The molecule has 5 heteroatoms. The number of benzene rings is 1. The summed E-state index contributed by atoms with van der Waals surface area (Å²) in [5.41, 5.74) is 0.915. The molecule has 1 aliphatic heterocycles. The smallest absolute Gasteiger partial charge is 0.414 e. The van der Waals surface area contributed by atoms with Crippen LogP contribution in [-0.4, -0.2) is 34.9 Å². The average Bonchev–Trinajstić information content (AvgIpc) is 2.48. The summed E-state index contributed by atoms with van der Waals surface area (Å²) in [6.07, 6.45) is 3.20. The van der Waals surface area contributed by atoms with E-state index in [9.17, 15) is 9.59 Å². The van der Waals surface area contributed by atoms with Gasteiger partial charge in [0, 0.05) is 19.4 Å². The molecule has 1 aromatic carbocycles. The fourth-order valence-corrected chi connectivity index (χ4v) is 2.06. The van der Waals surface area contributed by atoms with Gasteiger partial charge in [0.25, 0.3) is 0 Å². The molecule has 1 aliphatic rings. The number of likely N-dealkylation sites (N-methyl/N-ethyl adjacent to an activating group) is 1. The summed E-state index contributed by atoms with van der Waals surface area (Å²) in [6, 6.07) is 8.95. The van der Waals surface area contributed by atoms with E-state index >= 15 is 0 Å². The summed E-state index contributed by atoms with van der Waals surface area (Å²) in [5.74, 6) is -0.105. The third-order valence-electron chi connectivity index (χ3n) is 3.22. The Morgan fingerprint density at radius 1 is 1.25 bits per heavy atom. The highest BCUT2D eigenvalue weighted by atomic mass is 16.6. The van der Waals surface area contributed by atoms with Crippen molar-refractivity contribution in [2.45, 2.75) is 26.0 Å². The lowest BCUT2D eigenvalue weighted by atomic mass is 10.1. The predicted molar refractivity (Wildman–Crippen MR) is 74.5 cm³/mol. The molecule has 1 aromatic rings. The second-order valence-corrected chi connectivity index (χ2v) is 4.62. The van der Waals surface area contributed by atoms with Crippen LogP contribution in [0.25, 0.3) is 0 Å². The third kappa shape index (κ3) is 2.99. The van der Waals surface area contributed by atoms with Gasteiger partial charge in [0.05, 0.1) is 0 Å². The number of nitrogens with zero attached hydrogens (tertiary/aromatic N) is 2. The molecule has 0 radical (unpaired) electrons. The number of amides is 2. The van der Waals surface area contributed by atoms with E-state index in [4.69, 9.17) is 4.74 Å². The van der Waals surface area contributed by atoms with Crippen molar-refractivity contribution in [1.29, 1.82) is 0 Å². The van der Waals surface area contributed by atoms with Crippen molar-refractivity contribution in [2.75, 3.05) is 7.05 Å². The standard InChI is InChI=1S/C15H18N2O3/c1-3-13-14(18)16(2)9-10-17(13)15(19)20-11-12-7-5-4-6-8-12/h4-10,13H,3,11H2,1-2H3/t13-/m0/s1. The highest BCUT2D eigenvalue weighted by molar-refractivity contribution is 5.88. The Morgan fingerprint density at radius 2 is 1.95 bits per heavy atom. The van der Waals surface area contributed by atoms with Crippen LogP contribution in [0.2, 0.25) is 0 Å². The van der Waals surface area contributed by atoms with Crippen LogP contribution in [0.4, 0.5) is 4.79 Å². The largest absolute Gasteiger partial charge is 0.444 e. The van der Waals surface area contributed by atoms with E-state index in [0.717, 1.165) is 5.56 Å². The molecule has 5 nitrogen and oxygen atoms in total. The molecule has 0 bridgehead atoms. The number of hydrogen-bond donors (Lipinski definition) is 0. The van der Waals surface area contributed by atoms with Gasteiger partial charge >= 0.3 is 6.09 Å². The van der Waals surface area contributed by atoms with Crippen LogP contribution in [-0.2, 0) is 16.1 Å². The molecule has 0 N–H and O–H groups in total. The van der Waals surface area contributed by atoms with Gasteiger partial charge in [-0.1, -0.05) is 37.3 Å². The molecular weight excluding hydrogens is 256 g/mol. The third-order valence-corrected chi connectivity index (χ3v) is 3.22. The van der Waals surface area contributed by atoms with Crippen LogP contribution in [0.5, 0.6) is 0 Å². The van der Waals surface area contributed by atoms with E-state index in [1.54, 1.807) is 19.4 Å². The summed E-state index contributed by atoms with van der Waals surface area (Å²) in [4.78, 5) is 26.9. The molecule has 20 heavy (non-hydrogen) atoms. The molecule has 0 aromatic heterocycles. The van der Waals surface area contributed by atoms with Crippen LogP contribution in [0.3, 0.4) is 0 Å². The molecule has 2 amide bonds. The maximum Gasteiger partial charge on any atom is 0.414 e. The highest BCUT2D eigenvalue weighted by Crippen LogP contribution is 2.16. The van der Waals surface area contributed by atoms with Crippen LogP contribution in [0.15, 0.2) is 42.7 Å². The minimum atomic E-state index is -0.501. The molecule has 0 unspecified atom stereocenters. The Morgan fingerprint density at radius 3 is 2.60 bits per heavy atom. The molecule has 0 saturated heterocycles. The fraction of sp³-hybridized carbons (Fsp3) is 0.333. The topological polar surface area (TPSA) is 49.9 Å². The van der Waals surface area contributed by atoms with Crippen LogP contribution in [0.1, 0.15) is 18.9 Å². The first-order valence-electron chi connectivity index (χ1n) is 6.57. The molecule has 0 aliphatic carbocycles. The van der Waals surface area contributed by atoms with E-state index in [1.165, 1.54) is 9.80 Å². The number of ether oxygens (including phenoxy) is 1. The van der Waals surface area contributed by atoms with Gasteiger partial charge in [-0.15, -0.1) is 0 Å². The Hall–Kier alpha value is -2.30. The molecule has 0 fully saturated rings. The molecular formula is C15H18N2O3. The van der Waals surface area contributed by atoms with Gasteiger partial charge in [0.1, 0.15) is 12.6 Å². The Labute approximate surface area is 118 Å². The molecule has 1 heterocycles. The lowest BCUT2D eigenvalue weighted by Crippen LogP contribution is -2.49. The minimum Gasteiger partial charge on any atom is -0.444 e. The monoisotopic (exact) mass is 274 g/mol.